The van der Waals surface area contributed by atoms with Gasteiger partial charge in [-0.3, -0.25) is 4.79 Å². The van der Waals surface area contributed by atoms with Crippen LogP contribution in [0.25, 0.3) is 0 Å². The summed E-state index contributed by atoms with van der Waals surface area (Å²) in [6.45, 7) is 2.24. The van der Waals surface area contributed by atoms with Crippen LogP contribution in [-0.2, 0) is 0 Å². The van der Waals surface area contributed by atoms with E-state index in [1.165, 1.54) is 18.6 Å². The number of rotatable bonds is 7. The van der Waals surface area contributed by atoms with Crippen LogP contribution >= 0.6 is 23.2 Å². The molecule has 1 fully saturated rings. The van der Waals surface area contributed by atoms with Gasteiger partial charge in [0.1, 0.15) is 18.2 Å². The second kappa shape index (κ2) is 9.58. The molecule has 1 aliphatic carbocycles. The molecule has 7 nitrogen and oxygen atoms in total. The predicted molar refractivity (Wildman–Crippen MR) is 121 cm³/mol. The summed E-state index contributed by atoms with van der Waals surface area (Å²) in [6, 6.07) is 8.24. The van der Waals surface area contributed by atoms with Crippen LogP contribution in [0, 0.1) is 11.8 Å². The van der Waals surface area contributed by atoms with Crippen molar-refractivity contribution >= 4 is 34.8 Å². The van der Waals surface area contributed by atoms with Gasteiger partial charge in [-0.25, -0.2) is 9.97 Å². The number of aromatic nitrogens is 2. The van der Waals surface area contributed by atoms with Crippen molar-refractivity contribution in [2.45, 2.75) is 31.9 Å². The molecule has 1 saturated carbocycles. The lowest BCUT2D eigenvalue weighted by molar-refractivity contribution is 0.101. The van der Waals surface area contributed by atoms with Crippen molar-refractivity contribution in [1.29, 1.82) is 0 Å². The van der Waals surface area contributed by atoms with Gasteiger partial charge in [0.15, 0.2) is 11.0 Å². The first-order chi connectivity index (χ1) is 15.4. The smallest absolute Gasteiger partial charge is 0.233 e. The van der Waals surface area contributed by atoms with Gasteiger partial charge in [0.25, 0.3) is 0 Å². The van der Waals surface area contributed by atoms with Gasteiger partial charge in [0.05, 0.1) is 5.56 Å². The largest absolute Gasteiger partial charge is 0.441 e. The van der Waals surface area contributed by atoms with Crippen LogP contribution in [0.1, 0.15) is 53.1 Å². The number of benzene rings is 1. The zero-order valence-electron chi connectivity index (χ0n) is 17.3. The molecule has 3 aromatic rings. The molecule has 0 amide bonds. The molecule has 2 aromatic heterocycles. The van der Waals surface area contributed by atoms with Crippen molar-refractivity contribution in [1.82, 2.24) is 9.97 Å². The molecule has 0 spiro atoms. The summed E-state index contributed by atoms with van der Waals surface area (Å²) >= 11 is 12.2. The van der Waals surface area contributed by atoms with Gasteiger partial charge >= 0.3 is 0 Å². The molecule has 1 aromatic carbocycles. The van der Waals surface area contributed by atoms with Crippen LogP contribution in [0.3, 0.4) is 0 Å². The van der Waals surface area contributed by atoms with Gasteiger partial charge in [0.2, 0.25) is 5.78 Å². The number of aliphatic hydroxyl groups excluding tert-OH is 2. The average molecular weight is 476 g/mol. The lowest BCUT2D eigenvalue weighted by atomic mass is 10.00. The second-order valence-electron chi connectivity index (χ2n) is 8.14. The minimum atomic E-state index is -1.11. The average Bonchev–Trinajstić information content (AvgIpc) is 3.35. The zero-order valence-corrected chi connectivity index (χ0v) is 18.8. The Balaban J connectivity index is 1.57. The number of hydrogen-bond acceptors (Lipinski definition) is 7. The van der Waals surface area contributed by atoms with Crippen LogP contribution in [-0.4, -0.2) is 38.6 Å². The van der Waals surface area contributed by atoms with Gasteiger partial charge < -0.3 is 19.9 Å². The number of aliphatic hydroxyl groups is 2. The zero-order chi connectivity index (χ0) is 22.8. The summed E-state index contributed by atoms with van der Waals surface area (Å²) in [5, 5.41) is 23.9. The molecule has 32 heavy (non-hydrogen) atoms. The Hall–Kier alpha value is -2.45. The number of anilines is 1. The molecule has 1 aliphatic rings. The van der Waals surface area contributed by atoms with E-state index < -0.39 is 11.9 Å². The third kappa shape index (κ3) is 4.66. The number of halogens is 2. The lowest BCUT2D eigenvalue weighted by Crippen LogP contribution is -2.20. The fourth-order valence-corrected chi connectivity index (χ4v) is 4.62. The highest BCUT2D eigenvalue weighted by Gasteiger charge is 2.32. The fraction of sp³-hybridized carbons (Fsp3) is 0.348. The molecule has 0 bridgehead atoms. The first kappa shape index (κ1) is 22.7. The van der Waals surface area contributed by atoms with Crippen molar-refractivity contribution in [2.24, 2.45) is 11.8 Å². The van der Waals surface area contributed by atoms with E-state index in [0.29, 0.717) is 22.3 Å². The van der Waals surface area contributed by atoms with Crippen LogP contribution in [0.5, 0.6) is 0 Å². The van der Waals surface area contributed by atoms with Crippen molar-refractivity contribution in [3.63, 3.8) is 0 Å². The Labute approximate surface area is 195 Å². The molecule has 3 N–H and O–H groups in total. The van der Waals surface area contributed by atoms with Crippen molar-refractivity contribution in [3.8, 4) is 0 Å². The molecule has 2 heterocycles. The van der Waals surface area contributed by atoms with Gasteiger partial charge in [-0.15, -0.1) is 0 Å². The van der Waals surface area contributed by atoms with Gasteiger partial charge in [-0.05, 0) is 60.0 Å². The Bertz CT molecular complexity index is 1120. The monoisotopic (exact) mass is 475 g/mol. The van der Waals surface area contributed by atoms with Crippen LogP contribution in [0.15, 0.2) is 47.3 Å². The summed E-state index contributed by atoms with van der Waals surface area (Å²) in [5.41, 5.74) is 1.03. The number of carbonyl (C=O) groups excluding carboxylic acids is 1. The maximum Gasteiger partial charge on any atom is 0.233 e. The molecule has 168 valence electrons. The van der Waals surface area contributed by atoms with Crippen LogP contribution < -0.4 is 5.32 Å². The molecule has 1 unspecified atom stereocenters. The molecule has 0 aliphatic heterocycles. The number of nitrogens with one attached hydrogen (secondary N) is 1. The predicted octanol–water partition coefficient (Wildman–Crippen LogP) is 4.51. The second-order valence-corrected chi connectivity index (χ2v) is 8.92. The summed E-state index contributed by atoms with van der Waals surface area (Å²) in [7, 11) is 0. The number of hydrogen-bond donors (Lipinski definition) is 3. The van der Waals surface area contributed by atoms with E-state index in [-0.39, 0.29) is 40.7 Å². The highest BCUT2D eigenvalue weighted by Crippen LogP contribution is 2.35. The van der Waals surface area contributed by atoms with E-state index in [2.05, 4.69) is 22.2 Å². The van der Waals surface area contributed by atoms with E-state index in [1.807, 2.05) is 0 Å². The first-order valence-electron chi connectivity index (χ1n) is 10.3. The molecule has 0 saturated heterocycles. The third-order valence-corrected chi connectivity index (χ3v) is 6.51. The highest BCUT2D eigenvalue weighted by molar-refractivity contribution is 6.31. The normalized spacial score (nSPS) is 21.5. The van der Waals surface area contributed by atoms with E-state index in [9.17, 15) is 15.0 Å². The molecule has 9 heteroatoms. The molecular formula is C23H23Cl2N3O4. The summed E-state index contributed by atoms with van der Waals surface area (Å²) < 4.78 is 5.49. The maximum atomic E-state index is 13.2. The van der Waals surface area contributed by atoms with Crippen molar-refractivity contribution in [2.75, 3.05) is 11.9 Å². The van der Waals surface area contributed by atoms with Gasteiger partial charge in [-0.1, -0.05) is 30.7 Å². The van der Waals surface area contributed by atoms with Crippen LogP contribution in [0.4, 0.5) is 5.82 Å². The quantitative estimate of drug-likeness (QED) is 0.431. The minimum absolute atomic E-state index is 0.0306. The standard InChI is InChI=1S/C23H23Cl2N3O4/c1-12-5-16(7-14(12)10-29)28-23-18(9-26-11-27-23)21(31)19-8-17(22(25)32-19)20(30)13-3-2-4-15(24)6-13/h2-4,6,8-9,11-12,14,16,20,29-30H,5,7,10H2,1H3,(H,26,27,28)/t12-,14+,16-,20?/m0/s1. The number of ketones is 1. The Kier molecular flexibility index (Phi) is 6.81. The van der Waals surface area contributed by atoms with Crippen molar-refractivity contribution < 1.29 is 19.4 Å². The third-order valence-electron chi connectivity index (χ3n) is 5.98. The Morgan fingerprint density at radius 3 is 2.84 bits per heavy atom. The fourth-order valence-electron chi connectivity index (χ4n) is 4.18. The molecule has 4 rings (SSSR count). The summed E-state index contributed by atoms with van der Waals surface area (Å²) in [4.78, 5) is 21.4. The maximum absolute atomic E-state index is 13.2. The van der Waals surface area contributed by atoms with E-state index >= 15 is 0 Å². The van der Waals surface area contributed by atoms with Gasteiger partial charge in [0, 0.05) is 29.4 Å². The number of carbonyl (C=O) groups is 1. The lowest BCUT2D eigenvalue weighted by Gasteiger charge is -2.15. The molecule has 0 radical (unpaired) electrons. The van der Waals surface area contributed by atoms with Crippen molar-refractivity contribution in [3.05, 3.63) is 75.5 Å². The Morgan fingerprint density at radius 2 is 2.12 bits per heavy atom. The summed E-state index contributed by atoms with van der Waals surface area (Å²) in [6.07, 6.45) is 3.34. The topological polar surface area (TPSA) is 108 Å². The van der Waals surface area contributed by atoms with E-state index in [0.717, 1.165) is 12.8 Å². The summed E-state index contributed by atoms with van der Waals surface area (Å²) in [5.74, 6) is 0.498. The number of furan rings is 1. The van der Waals surface area contributed by atoms with E-state index in [1.54, 1.807) is 24.3 Å². The first-order valence-corrected chi connectivity index (χ1v) is 11.1. The minimum Gasteiger partial charge on any atom is -0.441 e. The molecular weight excluding hydrogens is 453 g/mol. The Morgan fingerprint density at radius 1 is 1.31 bits per heavy atom. The van der Waals surface area contributed by atoms with Gasteiger partial charge in [-0.2, -0.15) is 0 Å². The van der Waals surface area contributed by atoms with Crippen LogP contribution in [0.2, 0.25) is 10.2 Å². The molecule has 4 atom stereocenters. The van der Waals surface area contributed by atoms with E-state index in [4.69, 9.17) is 27.6 Å². The highest BCUT2D eigenvalue weighted by atomic mass is 35.5. The SMILES string of the molecule is C[C@H]1C[C@H](Nc2ncncc2C(=O)c2cc(C(O)c3cccc(Cl)c3)c(Cl)o2)C[C@@H]1CO. The number of nitrogens with zero attached hydrogens (tertiary/aromatic N) is 2.